The van der Waals surface area contributed by atoms with Gasteiger partial charge in [0.05, 0.1) is 22.9 Å². The van der Waals surface area contributed by atoms with E-state index in [0.717, 1.165) is 9.88 Å². The van der Waals surface area contributed by atoms with Gasteiger partial charge in [-0.1, -0.05) is 0 Å². The molecule has 0 amide bonds. The highest BCUT2D eigenvalue weighted by Crippen LogP contribution is 2.22. The Bertz CT molecular complexity index is 506. The normalized spacial score (nSPS) is 10.6. The first kappa shape index (κ1) is 10.7. The quantitative estimate of drug-likeness (QED) is 0.838. The second kappa shape index (κ2) is 4.35. The smallest absolute Gasteiger partial charge is 0.305 e. The molecule has 0 aliphatic heterocycles. The first-order valence-electron chi connectivity index (χ1n) is 4.57. The minimum atomic E-state index is -0.873. The minimum Gasteiger partial charge on any atom is -0.481 e. The lowest BCUT2D eigenvalue weighted by molar-refractivity contribution is -0.137. The molecular formula is C8H9N5O2S. The number of tetrazole rings is 1. The maximum Gasteiger partial charge on any atom is 0.305 e. The molecule has 0 bridgehead atoms. The molecule has 2 aromatic rings. The van der Waals surface area contributed by atoms with Gasteiger partial charge in [0.1, 0.15) is 0 Å². The molecule has 0 aliphatic carbocycles. The molecule has 2 rings (SSSR count). The maximum absolute atomic E-state index is 10.5. The van der Waals surface area contributed by atoms with Gasteiger partial charge in [0.2, 0.25) is 0 Å². The molecule has 0 atom stereocenters. The van der Waals surface area contributed by atoms with Gasteiger partial charge in [-0.3, -0.25) is 4.79 Å². The van der Waals surface area contributed by atoms with Crippen molar-refractivity contribution in [3.63, 3.8) is 0 Å². The Hall–Kier alpha value is -1.83. The Balaban J connectivity index is 2.22. The van der Waals surface area contributed by atoms with Gasteiger partial charge < -0.3 is 5.11 Å². The summed E-state index contributed by atoms with van der Waals surface area (Å²) in [5, 5.41) is 20.6. The zero-order valence-corrected chi connectivity index (χ0v) is 9.31. The standard InChI is InChI=1S/C8H9N5O2S/c1-5-9-4-6(16-5)8-10-11-12-13(8)3-2-7(14)15/h4H,2-3H2,1H3,(H,14,15). The highest BCUT2D eigenvalue weighted by Gasteiger charge is 2.12. The molecule has 84 valence electrons. The van der Waals surface area contributed by atoms with Crippen LogP contribution >= 0.6 is 11.3 Å². The number of hydrogen-bond donors (Lipinski definition) is 1. The SMILES string of the molecule is Cc1ncc(-c2nnnn2CCC(=O)O)s1. The van der Waals surface area contributed by atoms with Crippen molar-refractivity contribution in [2.24, 2.45) is 0 Å². The van der Waals surface area contributed by atoms with Gasteiger partial charge in [-0.25, -0.2) is 9.67 Å². The third kappa shape index (κ3) is 2.22. The molecule has 7 nitrogen and oxygen atoms in total. The summed E-state index contributed by atoms with van der Waals surface area (Å²) in [4.78, 5) is 15.4. The number of carboxylic acid groups (broad SMARTS) is 1. The van der Waals surface area contributed by atoms with Gasteiger partial charge >= 0.3 is 5.97 Å². The third-order valence-corrected chi connectivity index (χ3v) is 2.82. The lowest BCUT2D eigenvalue weighted by atomic mass is 10.4. The molecule has 0 spiro atoms. The average Bonchev–Trinajstić information content (AvgIpc) is 2.82. The van der Waals surface area contributed by atoms with Crippen LogP contribution in [0.1, 0.15) is 11.4 Å². The van der Waals surface area contributed by atoms with Gasteiger partial charge in [-0.15, -0.1) is 16.4 Å². The number of aryl methyl sites for hydroxylation is 2. The van der Waals surface area contributed by atoms with E-state index in [2.05, 4.69) is 20.5 Å². The summed E-state index contributed by atoms with van der Waals surface area (Å²) in [7, 11) is 0. The molecule has 0 fully saturated rings. The van der Waals surface area contributed by atoms with Gasteiger partial charge in [-0.2, -0.15) is 0 Å². The maximum atomic E-state index is 10.5. The van der Waals surface area contributed by atoms with Crippen LogP contribution in [0, 0.1) is 6.92 Å². The van der Waals surface area contributed by atoms with Gasteiger partial charge in [0.25, 0.3) is 0 Å². The van der Waals surface area contributed by atoms with E-state index in [1.54, 1.807) is 6.20 Å². The Morgan fingerprint density at radius 3 is 3.06 bits per heavy atom. The Kier molecular flexibility index (Phi) is 2.91. The van der Waals surface area contributed by atoms with E-state index >= 15 is 0 Å². The largest absolute Gasteiger partial charge is 0.481 e. The second-order valence-electron chi connectivity index (χ2n) is 3.11. The fraction of sp³-hybridized carbons (Fsp3) is 0.375. The Morgan fingerprint density at radius 2 is 2.44 bits per heavy atom. The van der Waals surface area contributed by atoms with Crippen molar-refractivity contribution < 1.29 is 9.90 Å². The summed E-state index contributed by atoms with van der Waals surface area (Å²) in [5.74, 6) is -0.311. The number of carboxylic acids is 1. The zero-order chi connectivity index (χ0) is 11.5. The lowest BCUT2D eigenvalue weighted by Gasteiger charge is -1.99. The van der Waals surface area contributed by atoms with Crippen LogP contribution in [-0.4, -0.2) is 36.3 Å². The monoisotopic (exact) mass is 239 g/mol. The molecule has 2 aromatic heterocycles. The summed E-state index contributed by atoms with van der Waals surface area (Å²) >= 11 is 1.47. The van der Waals surface area contributed by atoms with Crippen molar-refractivity contribution >= 4 is 17.3 Å². The number of aliphatic carboxylic acids is 1. The number of aromatic nitrogens is 5. The topological polar surface area (TPSA) is 93.8 Å². The molecule has 0 saturated carbocycles. The summed E-state index contributed by atoms with van der Waals surface area (Å²) < 4.78 is 1.47. The Morgan fingerprint density at radius 1 is 1.62 bits per heavy atom. The average molecular weight is 239 g/mol. The highest BCUT2D eigenvalue weighted by atomic mass is 32.1. The van der Waals surface area contributed by atoms with Gasteiger partial charge in [-0.05, 0) is 17.4 Å². The number of hydrogen-bond acceptors (Lipinski definition) is 6. The molecule has 0 saturated heterocycles. The summed E-state index contributed by atoms with van der Waals surface area (Å²) in [6, 6.07) is 0. The van der Waals surface area contributed by atoms with Crippen LogP contribution in [0.3, 0.4) is 0 Å². The number of thiazole rings is 1. The molecule has 0 radical (unpaired) electrons. The summed E-state index contributed by atoms with van der Waals surface area (Å²) in [6.45, 7) is 2.15. The zero-order valence-electron chi connectivity index (χ0n) is 8.49. The molecule has 0 aliphatic rings. The van der Waals surface area contributed by atoms with E-state index in [9.17, 15) is 4.79 Å². The van der Waals surface area contributed by atoms with Crippen molar-refractivity contribution in [3.05, 3.63) is 11.2 Å². The van der Waals surface area contributed by atoms with E-state index in [4.69, 9.17) is 5.11 Å². The van der Waals surface area contributed by atoms with E-state index in [-0.39, 0.29) is 13.0 Å². The summed E-state index contributed by atoms with van der Waals surface area (Å²) in [6.07, 6.45) is 1.68. The number of carbonyl (C=O) groups is 1. The van der Waals surface area contributed by atoms with Crippen molar-refractivity contribution in [3.8, 4) is 10.7 Å². The van der Waals surface area contributed by atoms with Crippen LogP contribution < -0.4 is 0 Å². The van der Waals surface area contributed by atoms with Crippen LogP contribution in [0.2, 0.25) is 0 Å². The van der Waals surface area contributed by atoms with Crippen molar-refractivity contribution in [2.45, 2.75) is 19.9 Å². The third-order valence-electron chi connectivity index (χ3n) is 1.91. The van der Waals surface area contributed by atoms with E-state index in [1.807, 2.05) is 6.92 Å². The first-order chi connectivity index (χ1) is 7.66. The molecule has 2 heterocycles. The van der Waals surface area contributed by atoms with E-state index in [1.165, 1.54) is 16.0 Å². The van der Waals surface area contributed by atoms with Crippen LogP contribution in [0.15, 0.2) is 6.20 Å². The fourth-order valence-electron chi connectivity index (χ4n) is 1.20. The predicted octanol–water partition coefficient (Wildman–Crippen LogP) is 0.580. The van der Waals surface area contributed by atoms with Crippen molar-refractivity contribution in [1.82, 2.24) is 25.2 Å². The fourth-order valence-corrected chi connectivity index (χ4v) is 1.96. The van der Waals surface area contributed by atoms with Gasteiger partial charge in [0.15, 0.2) is 5.82 Å². The number of rotatable bonds is 4. The Labute approximate surface area is 94.7 Å². The molecule has 16 heavy (non-hydrogen) atoms. The first-order valence-corrected chi connectivity index (χ1v) is 5.39. The molecular weight excluding hydrogens is 230 g/mol. The lowest BCUT2D eigenvalue weighted by Crippen LogP contribution is -2.07. The van der Waals surface area contributed by atoms with Crippen molar-refractivity contribution in [2.75, 3.05) is 0 Å². The van der Waals surface area contributed by atoms with E-state index in [0.29, 0.717) is 5.82 Å². The molecule has 1 N–H and O–H groups in total. The number of nitrogens with zero attached hydrogens (tertiary/aromatic N) is 5. The molecule has 8 heteroatoms. The van der Waals surface area contributed by atoms with Crippen LogP contribution in [0.25, 0.3) is 10.7 Å². The van der Waals surface area contributed by atoms with Crippen LogP contribution in [0.4, 0.5) is 0 Å². The second-order valence-corrected chi connectivity index (χ2v) is 4.35. The van der Waals surface area contributed by atoms with Gasteiger partial charge in [0, 0.05) is 6.20 Å². The van der Waals surface area contributed by atoms with E-state index < -0.39 is 5.97 Å². The van der Waals surface area contributed by atoms with Crippen molar-refractivity contribution in [1.29, 1.82) is 0 Å². The summed E-state index contributed by atoms with van der Waals surface area (Å²) in [5.41, 5.74) is 0. The molecule has 0 aromatic carbocycles. The molecule has 0 unspecified atom stereocenters. The predicted molar refractivity (Wildman–Crippen MR) is 55.9 cm³/mol. The van der Waals surface area contributed by atoms with Crippen LogP contribution in [-0.2, 0) is 11.3 Å². The van der Waals surface area contributed by atoms with Crippen LogP contribution in [0.5, 0.6) is 0 Å². The minimum absolute atomic E-state index is 0.00414. The highest BCUT2D eigenvalue weighted by molar-refractivity contribution is 7.14.